The molecule has 0 amide bonds. The van der Waals surface area contributed by atoms with Gasteiger partial charge in [-0.3, -0.25) is 4.98 Å². The van der Waals surface area contributed by atoms with Gasteiger partial charge in [-0.1, -0.05) is 62.4 Å². The monoisotopic (exact) mass is 330 g/mol. The largest absolute Gasteiger partial charge is 0.313 e. The summed E-state index contributed by atoms with van der Waals surface area (Å²) in [6.07, 6.45) is 12.3. The molecule has 0 radical (unpaired) electrons. The van der Waals surface area contributed by atoms with Crippen LogP contribution in [0, 0.1) is 5.92 Å². The number of nitrogens with one attached hydrogen (secondary N) is 1. The molecular formula is C20H27ClN2. The van der Waals surface area contributed by atoms with Crippen LogP contribution in [0.15, 0.2) is 48.8 Å². The second-order valence-corrected chi connectivity index (χ2v) is 6.37. The van der Waals surface area contributed by atoms with Crippen LogP contribution in [0.25, 0.3) is 11.1 Å². The van der Waals surface area contributed by atoms with Crippen LogP contribution in [-0.4, -0.2) is 11.5 Å². The van der Waals surface area contributed by atoms with E-state index in [0.29, 0.717) is 0 Å². The summed E-state index contributed by atoms with van der Waals surface area (Å²) in [5.41, 5.74) is 3.85. The van der Waals surface area contributed by atoms with Crippen molar-refractivity contribution in [3.05, 3.63) is 54.4 Å². The van der Waals surface area contributed by atoms with Gasteiger partial charge in [0.2, 0.25) is 0 Å². The number of rotatable bonds is 6. The lowest BCUT2D eigenvalue weighted by Gasteiger charge is -2.21. The number of benzene rings is 1. The summed E-state index contributed by atoms with van der Waals surface area (Å²) in [4.78, 5) is 4.24. The van der Waals surface area contributed by atoms with Gasteiger partial charge in [-0.05, 0) is 36.1 Å². The van der Waals surface area contributed by atoms with Crippen molar-refractivity contribution in [1.82, 2.24) is 10.3 Å². The standard InChI is InChI=1S/C20H26N2.ClH/c1-2-7-17(8-3-1)12-14-22-16-18-9-4-5-11-20(18)19-10-6-13-21-15-19;/h4-6,9-11,13,15,17,22H,1-3,7-8,12,14,16H2;1H. The maximum atomic E-state index is 4.24. The molecule has 3 rings (SSSR count). The van der Waals surface area contributed by atoms with Gasteiger partial charge in [0.05, 0.1) is 0 Å². The molecule has 1 aliphatic rings. The van der Waals surface area contributed by atoms with E-state index in [1.54, 1.807) is 0 Å². The van der Waals surface area contributed by atoms with Gasteiger partial charge in [0.15, 0.2) is 0 Å². The molecule has 2 aromatic rings. The van der Waals surface area contributed by atoms with Crippen molar-refractivity contribution in [3.8, 4) is 11.1 Å². The number of aromatic nitrogens is 1. The molecule has 1 aromatic carbocycles. The minimum Gasteiger partial charge on any atom is -0.313 e. The predicted molar refractivity (Wildman–Crippen MR) is 99.8 cm³/mol. The van der Waals surface area contributed by atoms with Crippen LogP contribution >= 0.6 is 12.4 Å². The summed E-state index contributed by atoms with van der Waals surface area (Å²) in [7, 11) is 0. The molecule has 23 heavy (non-hydrogen) atoms. The smallest absolute Gasteiger partial charge is 0.0346 e. The molecule has 1 heterocycles. The highest BCUT2D eigenvalue weighted by Crippen LogP contribution is 2.26. The minimum absolute atomic E-state index is 0. The van der Waals surface area contributed by atoms with Gasteiger partial charge in [-0.25, -0.2) is 0 Å². The third kappa shape index (κ3) is 5.33. The first kappa shape index (κ1) is 18.0. The van der Waals surface area contributed by atoms with Gasteiger partial charge in [0.1, 0.15) is 0 Å². The van der Waals surface area contributed by atoms with Gasteiger partial charge >= 0.3 is 0 Å². The van der Waals surface area contributed by atoms with Crippen LogP contribution in [0.4, 0.5) is 0 Å². The van der Waals surface area contributed by atoms with E-state index < -0.39 is 0 Å². The topological polar surface area (TPSA) is 24.9 Å². The Hall–Kier alpha value is -1.38. The molecule has 1 aromatic heterocycles. The van der Waals surface area contributed by atoms with Crippen LogP contribution in [0.3, 0.4) is 0 Å². The Balaban J connectivity index is 0.00000192. The zero-order chi connectivity index (χ0) is 15.0. The highest BCUT2D eigenvalue weighted by atomic mass is 35.5. The number of halogens is 1. The maximum Gasteiger partial charge on any atom is 0.0346 e. The molecule has 124 valence electrons. The van der Waals surface area contributed by atoms with E-state index in [9.17, 15) is 0 Å². The van der Waals surface area contributed by atoms with Crippen LogP contribution in [0.2, 0.25) is 0 Å². The Bertz CT molecular complexity index is 565. The Morgan fingerprint density at radius 1 is 1.00 bits per heavy atom. The van der Waals surface area contributed by atoms with Crippen LogP contribution < -0.4 is 5.32 Å². The fourth-order valence-corrected chi connectivity index (χ4v) is 3.48. The first-order valence-electron chi connectivity index (χ1n) is 8.62. The lowest BCUT2D eigenvalue weighted by molar-refractivity contribution is 0.334. The number of hydrogen-bond acceptors (Lipinski definition) is 2. The first-order chi connectivity index (χ1) is 10.9. The molecule has 1 saturated carbocycles. The molecule has 0 saturated heterocycles. The van der Waals surface area contributed by atoms with Gasteiger partial charge < -0.3 is 5.32 Å². The second kappa shape index (κ2) is 9.69. The molecule has 1 fully saturated rings. The molecule has 3 heteroatoms. The zero-order valence-electron chi connectivity index (χ0n) is 13.7. The van der Waals surface area contributed by atoms with E-state index in [1.807, 2.05) is 18.5 Å². The van der Waals surface area contributed by atoms with Crippen molar-refractivity contribution in [3.63, 3.8) is 0 Å². The lowest BCUT2D eigenvalue weighted by atomic mass is 9.87. The molecule has 0 bridgehead atoms. The van der Waals surface area contributed by atoms with Gasteiger partial charge in [-0.2, -0.15) is 0 Å². The zero-order valence-corrected chi connectivity index (χ0v) is 14.5. The highest BCUT2D eigenvalue weighted by molar-refractivity contribution is 5.85. The average Bonchev–Trinajstić information content (AvgIpc) is 2.61. The third-order valence-corrected chi connectivity index (χ3v) is 4.76. The average molecular weight is 331 g/mol. The number of pyridine rings is 1. The van der Waals surface area contributed by atoms with Crippen molar-refractivity contribution in [1.29, 1.82) is 0 Å². The molecule has 0 aliphatic heterocycles. The van der Waals surface area contributed by atoms with Crippen molar-refractivity contribution < 1.29 is 0 Å². The molecule has 1 N–H and O–H groups in total. The molecule has 0 spiro atoms. The molecule has 1 aliphatic carbocycles. The quantitative estimate of drug-likeness (QED) is 0.733. The Morgan fingerprint density at radius 3 is 2.61 bits per heavy atom. The lowest BCUT2D eigenvalue weighted by Crippen LogP contribution is -2.19. The van der Waals surface area contributed by atoms with E-state index in [1.165, 1.54) is 55.2 Å². The first-order valence-corrected chi connectivity index (χ1v) is 8.62. The van der Waals surface area contributed by atoms with Crippen LogP contribution in [0.1, 0.15) is 44.1 Å². The summed E-state index contributed by atoms with van der Waals surface area (Å²) in [6.45, 7) is 2.07. The van der Waals surface area contributed by atoms with Crippen LogP contribution in [0.5, 0.6) is 0 Å². The van der Waals surface area contributed by atoms with Crippen molar-refractivity contribution in [2.45, 2.75) is 45.1 Å². The van der Waals surface area contributed by atoms with Crippen LogP contribution in [-0.2, 0) is 6.54 Å². The minimum atomic E-state index is 0. The predicted octanol–water partition coefficient (Wildman–Crippen LogP) is 5.23. The summed E-state index contributed by atoms with van der Waals surface area (Å²) in [5.74, 6) is 0.954. The highest BCUT2D eigenvalue weighted by Gasteiger charge is 2.12. The van der Waals surface area contributed by atoms with E-state index in [4.69, 9.17) is 0 Å². The fourth-order valence-electron chi connectivity index (χ4n) is 3.48. The van der Waals surface area contributed by atoms with Gasteiger partial charge in [0, 0.05) is 24.5 Å². The van der Waals surface area contributed by atoms with E-state index in [2.05, 4.69) is 40.6 Å². The Labute approximate surface area is 146 Å². The van der Waals surface area contributed by atoms with E-state index in [0.717, 1.165) is 19.0 Å². The SMILES string of the molecule is Cl.c1cncc(-c2ccccc2CNCCC2CCCCC2)c1. The molecule has 0 unspecified atom stereocenters. The summed E-state index contributed by atoms with van der Waals surface area (Å²) >= 11 is 0. The molecule has 0 atom stereocenters. The second-order valence-electron chi connectivity index (χ2n) is 6.37. The van der Waals surface area contributed by atoms with Gasteiger partial charge in [0.25, 0.3) is 0 Å². The summed E-state index contributed by atoms with van der Waals surface area (Å²) < 4.78 is 0. The van der Waals surface area contributed by atoms with E-state index >= 15 is 0 Å². The van der Waals surface area contributed by atoms with Crippen molar-refractivity contribution in [2.75, 3.05) is 6.54 Å². The van der Waals surface area contributed by atoms with Crippen molar-refractivity contribution in [2.24, 2.45) is 5.92 Å². The normalized spacial score (nSPS) is 15.1. The number of nitrogens with zero attached hydrogens (tertiary/aromatic N) is 1. The van der Waals surface area contributed by atoms with Gasteiger partial charge in [-0.15, -0.1) is 12.4 Å². The summed E-state index contributed by atoms with van der Waals surface area (Å²) in [5, 5.41) is 3.64. The van der Waals surface area contributed by atoms with Crippen molar-refractivity contribution >= 4 is 12.4 Å². The van der Waals surface area contributed by atoms with E-state index in [-0.39, 0.29) is 12.4 Å². The Morgan fingerprint density at radius 2 is 1.83 bits per heavy atom. The Kier molecular flexibility index (Phi) is 7.57. The third-order valence-electron chi connectivity index (χ3n) is 4.76. The molecule has 2 nitrogen and oxygen atoms in total. The fraction of sp³-hybridized carbons (Fsp3) is 0.450. The summed E-state index contributed by atoms with van der Waals surface area (Å²) in [6, 6.07) is 12.8. The number of hydrogen-bond donors (Lipinski definition) is 1. The molecular weight excluding hydrogens is 304 g/mol. The maximum absolute atomic E-state index is 4.24.